The van der Waals surface area contributed by atoms with Crippen molar-refractivity contribution in [2.24, 2.45) is 0 Å². The quantitative estimate of drug-likeness (QED) is 0.904. The maximum absolute atomic E-state index is 5.79. The summed E-state index contributed by atoms with van der Waals surface area (Å²) >= 11 is 0. The van der Waals surface area contributed by atoms with Crippen molar-refractivity contribution in [2.45, 2.75) is 31.9 Å². The molecule has 3 nitrogen and oxygen atoms in total. The van der Waals surface area contributed by atoms with Crippen molar-refractivity contribution >= 4 is 0 Å². The molecular formula is C17H20N2O. The van der Waals surface area contributed by atoms with Gasteiger partial charge in [-0.1, -0.05) is 18.2 Å². The van der Waals surface area contributed by atoms with Gasteiger partial charge < -0.3 is 10.1 Å². The van der Waals surface area contributed by atoms with Gasteiger partial charge in [0.25, 0.3) is 0 Å². The molecule has 2 aromatic rings. The molecule has 1 saturated carbocycles. The first-order valence-corrected chi connectivity index (χ1v) is 7.13. The van der Waals surface area contributed by atoms with Crippen LogP contribution < -0.4 is 10.1 Å². The Morgan fingerprint density at radius 3 is 2.55 bits per heavy atom. The summed E-state index contributed by atoms with van der Waals surface area (Å²) in [7, 11) is 1.98. The van der Waals surface area contributed by atoms with Crippen LogP contribution in [0.2, 0.25) is 0 Å². The van der Waals surface area contributed by atoms with Gasteiger partial charge in [-0.25, -0.2) is 0 Å². The molecule has 1 heterocycles. The number of ether oxygens (including phenoxy) is 1. The lowest BCUT2D eigenvalue weighted by Gasteiger charge is -2.19. The van der Waals surface area contributed by atoms with Gasteiger partial charge in [-0.2, -0.15) is 0 Å². The topological polar surface area (TPSA) is 34.1 Å². The highest BCUT2D eigenvalue weighted by Gasteiger charge is 2.23. The summed E-state index contributed by atoms with van der Waals surface area (Å²) in [6.07, 6.45) is 4.66. The highest BCUT2D eigenvalue weighted by Crippen LogP contribution is 2.29. The average molecular weight is 268 g/mol. The van der Waals surface area contributed by atoms with E-state index < -0.39 is 0 Å². The standard InChI is InChI=1S/C17H20N2O/c1-12-16(4-3-11-19-12)17(18-2)13-5-7-14(8-6-13)20-15-9-10-15/h3-8,11,15,17-18H,9-10H2,1-2H3. The van der Waals surface area contributed by atoms with E-state index in [0.717, 1.165) is 11.4 Å². The minimum atomic E-state index is 0.165. The summed E-state index contributed by atoms with van der Waals surface area (Å²) in [5.74, 6) is 0.967. The molecule has 1 aliphatic carbocycles. The highest BCUT2D eigenvalue weighted by molar-refractivity contribution is 5.36. The minimum Gasteiger partial charge on any atom is -0.490 e. The molecule has 0 bridgehead atoms. The van der Waals surface area contributed by atoms with Crippen LogP contribution in [-0.4, -0.2) is 18.1 Å². The van der Waals surface area contributed by atoms with Crippen LogP contribution in [-0.2, 0) is 0 Å². The molecule has 1 atom stereocenters. The van der Waals surface area contributed by atoms with E-state index in [9.17, 15) is 0 Å². The molecule has 1 aliphatic rings. The van der Waals surface area contributed by atoms with Crippen molar-refractivity contribution in [3.8, 4) is 5.75 Å². The fourth-order valence-corrected chi connectivity index (χ4v) is 2.42. The first-order chi connectivity index (χ1) is 9.78. The van der Waals surface area contributed by atoms with Gasteiger partial charge in [0.05, 0.1) is 12.1 Å². The number of nitrogens with zero attached hydrogens (tertiary/aromatic N) is 1. The zero-order valence-corrected chi connectivity index (χ0v) is 12.0. The van der Waals surface area contributed by atoms with Crippen molar-refractivity contribution in [3.05, 3.63) is 59.4 Å². The normalized spacial score (nSPS) is 15.9. The van der Waals surface area contributed by atoms with Crippen LogP contribution in [0.25, 0.3) is 0 Å². The number of rotatable bonds is 5. The van der Waals surface area contributed by atoms with Crippen LogP contribution in [0.1, 0.15) is 35.7 Å². The molecular weight excluding hydrogens is 248 g/mol. The molecule has 0 saturated heterocycles. The van der Waals surface area contributed by atoms with E-state index in [4.69, 9.17) is 4.74 Å². The maximum atomic E-state index is 5.79. The largest absolute Gasteiger partial charge is 0.490 e. The summed E-state index contributed by atoms with van der Waals surface area (Å²) < 4.78 is 5.79. The Kier molecular flexibility index (Phi) is 3.70. The average Bonchev–Trinajstić information content (AvgIpc) is 3.27. The smallest absolute Gasteiger partial charge is 0.119 e. The van der Waals surface area contributed by atoms with Crippen LogP contribution in [0.3, 0.4) is 0 Å². The van der Waals surface area contributed by atoms with E-state index in [0.29, 0.717) is 6.10 Å². The van der Waals surface area contributed by atoms with Gasteiger partial charge in [0, 0.05) is 11.9 Å². The van der Waals surface area contributed by atoms with Crippen LogP contribution in [0.15, 0.2) is 42.6 Å². The SMILES string of the molecule is CNC(c1ccc(OC2CC2)cc1)c1cccnc1C. The van der Waals surface area contributed by atoms with E-state index in [1.54, 1.807) is 0 Å². The molecule has 1 N–H and O–H groups in total. The third-order valence-corrected chi connectivity index (χ3v) is 3.69. The Balaban J connectivity index is 1.83. The summed E-state index contributed by atoms with van der Waals surface area (Å²) in [5.41, 5.74) is 3.50. The third kappa shape index (κ3) is 2.83. The maximum Gasteiger partial charge on any atom is 0.119 e. The van der Waals surface area contributed by atoms with E-state index >= 15 is 0 Å². The Hall–Kier alpha value is -1.87. The van der Waals surface area contributed by atoms with E-state index in [2.05, 4.69) is 40.6 Å². The second-order valence-corrected chi connectivity index (χ2v) is 5.29. The molecule has 1 aromatic carbocycles. The predicted molar refractivity (Wildman–Crippen MR) is 80.0 cm³/mol. The molecule has 1 fully saturated rings. The number of pyridine rings is 1. The van der Waals surface area contributed by atoms with Gasteiger partial charge in [0.1, 0.15) is 5.75 Å². The van der Waals surface area contributed by atoms with Gasteiger partial charge in [0.15, 0.2) is 0 Å². The minimum absolute atomic E-state index is 0.165. The van der Waals surface area contributed by atoms with E-state index in [-0.39, 0.29) is 6.04 Å². The second kappa shape index (κ2) is 5.63. The molecule has 104 valence electrons. The summed E-state index contributed by atoms with van der Waals surface area (Å²) in [6, 6.07) is 12.7. The number of aryl methyl sites for hydroxylation is 1. The number of hydrogen-bond donors (Lipinski definition) is 1. The molecule has 0 amide bonds. The van der Waals surface area contributed by atoms with Crippen molar-refractivity contribution in [1.29, 1.82) is 0 Å². The van der Waals surface area contributed by atoms with Crippen molar-refractivity contribution in [1.82, 2.24) is 10.3 Å². The summed E-state index contributed by atoms with van der Waals surface area (Å²) in [6.45, 7) is 2.05. The molecule has 1 unspecified atom stereocenters. The lowest BCUT2D eigenvalue weighted by Crippen LogP contribution is -2.19. The molecule has 3 heteroatoms. The van der Waals surface area contributed by atoms with Crippen LogP contribution in [0, 0.1) is 6.92 Å². The fourth-order valence-electron chi connectivity index (χ4n) is 2.42. The second-order valence-electron chi connectivity index (χ2n) is 5.29. The molecule has 20 heavy (non-hydrogen) atoms. The number of hydrogen-bond acceptors (Lipinski definition) is 3. The molecule has 0 aliphatic heterocycles. The van der Waals surface area contributed by atoms with E-state index in [1.807, 2.05) is 26.2 Å². The van der Waals surface area contributed by atoms with Crippen molar-refractivity contribution in [3.63, 3.8) is 0 Å². The van der Waals surface area contributed by atoms with E-state index in [1.165, 1.54) is 24.0 Å². The van der Waals surface area contributed by atoms with Gasteiger partial charge in [-0.15, -0.1) is 0 Å². The molecule has 0 spiro atoms. The Morgan fingerprint density at radius 1 is 1.20 bits per heavy atom. The lowest BCUT2D eigenvalue weighted by atomic mass is 9.98. The number of benzene rings is 1. The van der Waals surface area contributed by atoms with Crippen molar-refractivity contribution < 1.29 is 4.74 Å². The van der Waals surface area contributed by atoms with Crippen LogP contribution >= 0.6 is 0 Å². The van der Waals surface area contributed by atoms with Crippen molar-refractivity contribution in [2.75, 3.05) is 7.05 Å². The highest BCUT2D eigenvalue weighted by atomic mass is 16.5. The number of aromatic nitrogens is 1. The Morgan fingerprint density at radius 2 is 1.95 bits per heavy atom. The Labute approximate surface area is 120 Å². The third-order valence-electron chi connectivity index (χ3n) is 3.69. The van der Waals surface area contributed by atoms with Gasteiger partial charge in [-0.05, 0) is 56.1 Å². The lowest BCUT2D eigenvalue weighted by molar-refractivity contribution is 0.303. The van der Waals surface area contributed by atoms with Gasteiger partial charge >= 0.3 is 0 Å². The summed E-state index contributed by atoms with van der Waals surface area (Å²) in [4.78, 5) is 4.37. The monoisotopic (exact) mass is 268 g/mol. The predicted octanol–water partition coefficient (Wildman–Crippen LogP) is 3.24. The first-order valence-electron chi connectivity index (χ1n) is 7.13. The van der Waals surface area contributed by atoms with Crippen LogP contribution in [0.5, 0.6) is 5.75 Å². The van der Waals surface area contributed by atoms with Crippen LogP contribution in [0.4, 0.5) is 0 Å². The number of nitrogens with one attached hydrogen (secondary N) is 1. The van der Waals surface area contributed by atoms with Gasteiger partial charge in [0.2, 0.25) is 0 Å². The zero-order chi connectivity index (χ0) is 13.9. The van der Waals surface area contributed by atoms with Gasteiger partial charge in [-0.3, -0.25) is 4.98 Å². The summed E-state index contributed by atoms with van der Waals surface area (Å²) in [5, 5.41) is 3.37. The Bertz CT molecular complexity index is 576. The zero-order valence-electron chi connectivity index (χ0n) is 12.0. The molecule has 0 radical (unpaired) electrons. The first kappa shape index (κ1) is 13.1. The molecule has 1 aromatic heterocycles. The molecule has 3 rings (SSSR count). The fraction of sp³-hybridized carbons (Fsp3) is 0.353.